The Bertz CT molecular complexity index is 240. The summed E-state index contributed by atoms with van der Waals surface area (Å²) < 4.78 is 0. The number of likely N-dealkylation sites (tertiary alicyclic amines) is 1. The summed E-state index contributed by atoms with van der Waals surface area (Å²) in [5.74, 6) is 1.51. The van der Waals surface area contributed by atoms with Gasteiger partial charge in [-0.2, -0.15) is 0 Å². The van der Waals surface area contributed by atoms with Crippen molar-refractivity contribution in [1.29, 1.82) is 0 Å². The van der Waals surface area contributed by atoms with Crippen LogP contribution in [-0.2, 0) is 4.79 Å². The van der Waals surface area contributed by atoms with Gasteiger partial charge in [-0.3, -0.25) is 4.79 Å². The lowest BCUT2D eigenvalue weighted by Gasteiger charge is -2.27. The Labute approximate surface area is 106 Å². The molecule has 1 heterocycles. The third-order valence-corrected chi connectivity index (χ3v) is 4.04. The van der Waals surface area contributed by atoms with Crippen LogP contribution in [0.2, 0.25) is 0 Å². The molecule has 3 heteroatoms. The summed E-state index contributed by atoms with van der Waals surface area (Å²) in [7, 11) is 1.96. The number of nitrogens with zero attached hydrogens (tertiary/aromatic N) is 1. The fraction of sp³-hybridized carbons (Fsp3) is 0.929. The van der Waals surface area contributed by atoms with Gasteiger partial charge in [0.15, 0.2) is 0 Å². The molecule has 1 amide bonds. The highest BCUT2D eigenvalue weighted by Crippen LogP contribution is 2.23. The van der Waals surface area contributed by atoms with E-state index < -0.39 is 0 Å². The topological polar surface area (TPSA) is 32.3 Å². The van der Waals surface area contributed by atoms with Crippen LogP contribution in [0.4, 0.5) is 0 Å². The highest BCUT2D eigenvalue weighted by atomic mass is 16.2. The van der Waals surface area contributed by atoms with E-state index in [1.54, 1.807) is 0 Å². The minimum absolute atomic E-state index is 0.364. The van der Waals surface area contributed by atoms with Gasteiger partial charge in [-0.15, -0.1) is 0 Å². The number of amides is 1. The van der Waals surface area contributed by atoms with Crippen molar-refractivity contribution >= 4 is 5.91 Å². The maximum atomic E-state index is 12.3. The summed E-state index contributed by atoms with van der Waals surface area (Å²) in [6, 6.07) is 0.428. The van der Waals surface area contributed by atoms with Crippen LogP contribution in [0.25, 0.3) is 0 Å². The van der Waals surface area contributed by atoms with Crippen LogP contribution in [-0.4, -0.2) is 37.0 Å². The molecule has 2 unspecified atom stereocenters. The Balaban J connectivity index is 2.51. The predicted molar refractivity (Wildman–Crippen MR) is 71.9 cm³/mol. The van der Waals surface area contributed by atoms with Crippen molar-refractivity contribution < 1.29 is 4.79 Å². The maximum Gasteiger partial charge on any atom is 0.223 e. The van der Waals surface area contributed by atoms with Crippen molar-refractivity contribution in [3.63, 3.8) is 0 Å². The molecule has 0 aromatic heterocycles. The smallest absolute Gasteiger partial charge is 0.223 e. The Morgan fingerprint density at radius 2 is 2.18 bits per heavy atom. The first kappa shape index (κ1) is 14.5. The molecule has 1 rings (SSSR count). The normalized spacial score (nSPS) is 22.2. The monoisotopic (exact) mass is 240 g/mol. The summed E-state index contributed by atoms with van der Waals surface area (Å²) in [4.78, 5) is 14.4. The van der Waals surface area contributed by atoms with E-state index in [1.165, 1.54) is 0 Å². The molecule has 0 saturated carbocycles. The highest BCUT2D eigenvalue weighted by molar-refractivity contribution is 5.77. The SMILES string of the molecule is CCC(CC(=O)N1CCCC1CNC)C(C)C. The summed E-state index contributed by atoms with van der Waals surface area (Å²) in [6.45, 7) is 8.52. The number of nitrogens with one attached hydrogen (secondary N) is 1. The van der Waals surface area contributed by atoms with Gasteiger partial charge in [0.05, 0.1) is 0 Å². The molecule has 1 aliphatic rings. The first-order chi connectivity index (χ1) is 8.10. The number of carbonyl (C=O) groups is 1. The molecule has 1 N–H and O–H groups in total. The highest BCUT2D eigenvalue weighted by Gasteiger charge is 2.29. The van der Waals surface area contributed by atoms with Crippen LogP contribution < -0.4 is 5.32 Å². The fourth-order valence-electron chi connectivity index (χ4n) is 2.80. The Hall–Kier alpha value is -0.570. The Morgan fingerprint density at radius 3 is 2.71 bits per heavy atom. The van der Waals surface area contributed by atoms with E-state index in [0.29, 0.717) is 23.8 Å². The van der Waals surface area contributed by atoms with Crippen LogP contribution in [0, 0.1) is 11.8 Å². The second kappa shape index (κ2) is 7.00. The lowest BCUT2D eigenvalue weighted by Crippen LogP contribution is -2.41. The molecule has 1 saturated heterocycles. The quantitative estimate of drug-likeness (QED) is 0.772. The molecule has 3 nitrogen and oxygen atoms in total. The van der Waals surface area contributed by atoms with Crippen molar-refractivity contribution in [2.24, 2.45) is 11.8 Å². The number of rotatable bonds is 6. The summed E-state index contributed by atoms with van der Waals surface area (Å²) >= 11 is 0. The van der Waals surface area contributed by atoms with E-state index in [-0.39, 0.29) is 0 Å². The average Bonchev–Trinajstić information content (AvgIpc) is 2.74. The molecule has 17 heavy (non-hydrogen) atoms. The van der Waals surface area contributed by atoms with Crippen molar-refractivity contribution in [2.45, 2.75) is 52.5 Å². The summed E-state index contributed by atoms with van der Waals surface area (Å²) in [5.41, 5.74) is 0. The van der Waals surface area contributed by atoms with Gasteiger partial charge in [0, 0.05) is 25.6 Å². The maximum absolute atomic E-state index is 12.3. The van der Waals surface area contributed by atoms with Gasteiger partial charge >= 0.3 is 0 Å². The zero-order valence-corrected chi connectivity index (χ0v) is 11.8. The second-order valence-electron chi connectivity index (χ2n) is 5.56. The first-order valence-corrected chi connectivity index (χ1v) is 7.04. The number of hydrogen-bond donors (Lipinski definition) is 1. The molecule has 100 valence electrons. The average molecular weight is 240 g/mol. The van der Waals surface area contributed by atoms with Gasteiger partial charge in [0.1, 0.15) is 0 Å². The van der Waals surface area contributed by atoms with Gasteiger partial charge < -0.3 is 10.2 Å². The van der Waals surface area contributed by atoms with Gasteiger partial charge in [0.2, 0.25) is 5.91 Å². The second-order valence-corrected chi connectivity index (χ2v) is 5.56. The largest absolute Gasteiger partial charge is 0.338 e. The summed E-state index contributed by atoms with van der Waals surface area (Å²) in [5, 5.41) is 3.19. The van der Waals surface area contributed by atoms with Gasteiger partial charge in [-0.05, 0) is 31.7 Å². The standard InChI is InChI=1S/C14H28N2O/c1-5-12(11(2)3)9-14(17)16-8-6-7-13(16)10-15-4/h11-13,15H,5-10H2,1-4H3. The van der Waals surface area contributed by atoms with E-state index in [9.17, 15) is 4.79 Å². The summed E-state index contributed by atoms with van der Waals surface area (Å²) in [6.07, 6.45) is 4.16. The van der Waals surface area contributed by atoms with Crippen molar-refractivity contribution in [2.75, 3.05) is 20.1 Å². The van der Waals surface area contributed by atoms with E-state index in [1.807, 2.05) is 7.05 Å². The Kier molecular flexibility index (Phi) is 5.96. The van der Waals surface area contributed by atoms with Crippen LogP contribution in [0.5, 0.6) is 0 Å². The third-order valence-electron chi connectivity index (χ3n) is 4.04. The number of likely N-dealkylation sites (N-methyl/N-ethyl adjacent to an activating group) is 1. The molecule has 0 aromatic rings. The minimum atomic E-state index is 0.364. The van der Waals surface area contributed by atoms with Crippen molar-refractivity contribution in [3.8, 4) is 0 Å². The minimum Gasteiger partial charge on any atom is -0.338 e. The lowest BCUT2D eigenvalue weighted by molar-refractivity contribution is -0.133. The van der Waals surface area contributed by atoms with Gasteiger partial charge in [0.25, 0.3) is 0 Å². The first-order valence-electron chi connectivity index (χ1n) is 7.04. The molecule has 2 atom stereocenters. The third kappa shape index (κ3) is 3.98. The van der Waals surface area contributed by atoms with Crippen molar-refractivity contribution in [1.82, 2.24) is 10.2 Å². The molecule has 1 fully saturated rings. The molecule has 0 radical (unpaired) electrons. The van der Waals surface area contributed by atoms with Gasteiger partial charge in [-0.25, -0.2) is 0 Å². The van der Waals surface area contributed by atoms with Crippen LogP contribution in [0.3, 0.4) is 0 Å². The predicted octanol–water partition coefficient (Wildman–Crippen LogP) is 2.27. The van der Waals surface area contributed by atoms with Crippen LogP contribution >= 0.6 is 0 Å². The number of hydrogen-bond acceptors (Lipinski definition) is 2. The van der Waals surface area contributed by atoms with Gasteiger partial charge in [-0.1, -0.05) is 27.2 Å². The van der Waals surface area contributed by atoms with E-state index >= 15 is 0 Å². The molecule has 0 aliphatic carbocycles. The molecule has 0 spiro atoms. The van der Waals surface area contributed by atoms with Crippen LogP contribution in [0.1, 0.15) is 46.5 Å². The van der Waals surface area contributed by atoms with E-state index in [4.69, 9.17) is 0 Å². The zero-order chi connectivity index (χ0) is 12.8. The van der Waals surface area contributed by atoms with Crippen molar-refractivity contribution in [3.05, 3.63) is 0 Å². The fourth-order valence-corrected chi connectivity index (χ4v) is 2.80. The van der Waals surface area contributed by atoms with Crippen LogP contribution in [0.15, 0.2) is 0 Å². The zero-order valence-electron chi connectivity index (χ0n) is 11.8. The molecular weight excluding hydrogens is 212 g/mol. The molecule has 0 aromatic carbocycles. The lowest BCUT2D eigenvalue weighted by atomic mass is 9.89. The molecule has 0 bridgehead atoms. The molecular formula is C14H28N2O. The van der Waals surface area contributed by atoms with E-state index in [0.717, 1.165) is 38.8 Å². The van der Waals surface area contributed by atoms with E-state index in [2.05, 4.69) is 31.0 Å². The molecule has 1 aliphatic heterocycles. The number of carbonyl (C=O) groups excluding carboxylic acids is 1. The Morgan fingerprint density at radius 1 is 1.47 bits per heavy atom.